The fourth-order valence-electron chi connectivity index (χ4n) is 14.6. The summed E-state index contributed by atoms with van der Waals surface area (Å²) in [4.78, 5) is 146. The molecule has 0 unspecified atom stereocenters. The van der Waals surface area contributed by atoms with Gasteiger partial charge in [-0.2, -0.15) is 0 Å². The van der Waals surface area contributed by atoms with Crippen molar-refractivity contribution in [1.29, 1.82) is 0 Å². The predicted molar refractivity (Wildman–Crippen MR) is 493 cm³/mol. The molecule has 0 fully saturated rings. The fourth-order valence-corrected chi connectivity index (χ4v) is 14.6. The first-order chi connectivity index (χ1) is 60.9. The number of hydrogen-bond acceptors (Lipinski definition) is 27. The van der Waals surface area contributed by atoms with Gasteiger partial charge in [0, 0.05) is 64.7 Å². The number of nitrogens with two attached hydrogens (primary N) is 4. The third-order valence-electron chi connectivity index (χ3n) is 22.0. The van der Waals surface area contributed by atoms with Crippen LogP contribution >= 0.6 is 0 Å². The normalized spacial score (nSPS) is 19.3. The first-order valence-electron chi connectivity index (χ1n) is 42.8. The maximum Gasteiger partial charge on any atom is 0.326 e. The van der Waals surface area contributed by atoms with Crippen LogP contribution in [0.15, 0.2) is 109 Å². The molecule has 38 nitrogen and oxygen atoms in total. The van der Waals surface area contributed by atoms with Crippen LogP contribution < -0.4 is 108 Å². The van der Waals surface area contributed by atoms with Gasteiger partial charge in [-0.05, 0) is 279 Å². The Bertz CT molecular complexity index is 4710. The molecule has 3 aliphatic rings. The number of carbonyl (C=O) groups excluding carboxylic acids is 10. The van der Waals surface area contributed by atoms with Crippen molar-refractivity contribution in [2.24, 2.45) is 22.9 Å². The highest BCUT2D eigenvalue weighted by Crippen LogP contribution is 2.35. The Kier molecular flexibility index (Phi) is 45.7. The average Bonchev–Trinajstić information content (AvgIpc) is 1.79. The van der Waals surface area contributed by atoms with Crippen LogP contribution in [-0.4, -0.2) is 268 Å². The monoisotopic (exact) mass is 1800 g/mol. The van der Waals surface area contributed by atoms with Crippen LogP contribution in [0.3, 0.4) is 0 Å². The number of carboxylic acid groups (broad SMARTS) is 1. The van der Waals surface area contributed by atoms with Crippen molar-refractivity contribution < 1.29 is 88.5 Å². The molecule has 708 valence electrons. The molecule has 129 heavy (non-hydrogen) atoms. The molecule has 3 heterocycles. The second-order valence-corrected chi connectivity index (χ2v) is 31.5. The SMILES string of the molecule is C.C.CNCCC[C@@H]1NC(=O)[C@@H](NC)Cc2cc(ccc2O)-c2ccc(O)c(c2)C[C@@H](C(=O)O)NC1=O.CNCCC[C@H](NC(=O)[C@@H]1Cc2cc(ccc2O)-c2ccc(O)c(c2)C[C@H](NC)C(=O)N[C@@H](CCCNC)C(=O)N1)C(=O)NCCNC.NCCC[C@H](NC(=O)[C@@H]1Cc2cc(ccc2O)-c2ccc(O)c(c2)C[C@H](N)C(=O)N[C@@H](CCCN)C(=O)N1)C(=O)NCCN. The zero-order valence-corrected chi connectivity index (χ0v) is 72.9. The van der Waals surface area contributed by atoms with Crippen LogP contribution in [0.5, 0.6) is 34.5 Å². The molecule has 9 rings (SSSR count). The molecule has 0 saturated heterocycles. The summed E-state index contributed by atoms with van der Waals surface area (Å²) >= 11 is 0. The summed E-state index contributed by atoms with van der Waals surface area (Å²) in [5, 5.41) is 119. The number of carbonyl (C=O) groups is 11. The molecule has 0 saturated carbocycles. The molecule has 11 atom stereocenters. The fraction of sp³-hybridized carbons (Fsp3) is 0.484. The summed E-state index contributed by atoms with van der Waals surface area (Å²) in [5.41, 5.74) is 29.8. The van der Waals surface area contributed by atoms with E-state index < -0.39 is 126 Å². The number of fused-ring (bicyclic) bond motifs is 15. The first kappa shape index (κ1) is 107. The second-order valence-electron chi connectivity index (χ2n) is 31.5. The van der Waals surface area contributed by atoms with E-state index >= 15 is 0 Å². The average molecular weight is 1800 g/mol. The molecule has 12 bridgehead atoms. The number of hydrogen-bond donors (Lipinski definition) is 27. The standard InChI is InChI=1S/C34H52N8O6.C30H44N8O6.C25H32N4O6.2CH4/c1-35-13-5-7-25(31(45)39-16-15-37-3)40-34(48)28-20-24-18-22(10-12-30(24)44)21-9-11-29(43)23(17-21)19-27(38-4)33(47)41-26(32(46)42-28)8-6-14-36-2;31-9-1-3-22(28(42)35-12-11-33)37-30(44)24-16-20-14-18(6-8-26(20)40)17-5-7-25(39)19(13-17)15-21(34)27(41)36-23(4-2-10-32)29(43)38-24;1-26-9-3-4-18-23(32)29-20(25(34)35)13-17-11-15(6-8-22(17)31)14-5-7-21(30)16(10-14)12-19(27-2)24(33)28-18;;/h9-12,17-18,25-28,35-38,43-44H,5-8,13-16,19-20H2,1-4H3,(H,39,45)(H,40,48)(H,41,47)(H,42,46);5-8,13-14,21-24,39-40H,1-4,9-12,15-16,31-34H2,(H,35,42)(H,36,41)(H,37,44)(H,38,43);5-8,10-11,18-20,26-27,30-31H,3-4,9,12-13H2,1-2H3,(H,28,33)(H,29,32)(H,34,35);2*1H4/t25-,26-,27-,28-;21-,22-,23-,24-;18-,19-,20-;;/m000../s1. The molecule has 10 amide bonds. The largest absolute Gasteiger partial charge is 0.508 e. The van der Waals surface area contributed by atoms with E-state index in [1.165, 1.54) is 30.3 Å². The molecule has 31 N–H and O–H groups in total. The van der Waals surface area contributed by atoms with E-state index in [-0.39, 0.29) is 133 Å². The van der Waals surface area contributed by atoms with Crippen molar-refractivity contribution in [2.45, 2.75) is 184 Å². The number of phenols is 6. The molecule has 38 heteroatoms. The Morgan fingerprint density at radius 3 is 0.992 bits per heavy atom. The molecule has 6 aromatic carbocycles. The first-order valence-corrected chi connectivity index (χ1v) is 42.8. The molecular formula is C91H136N20O18. The Hall–Kier alpha value is -12.1. The van der Waals surface area contributed by atoms with Gasteiger partial charge in [-0.25, -0.2) is 4.79 Å². The number of aromatic hydroxyl groups is 6. The minimum atomic E-state index is -1.31. The van der Waals surface area contributed by atoms with Crippen molar-refractivity contribution in [3.8, 4) is 67.9 Å². The highest BCUT2D eigenvalue weighted by Gasteiger charge is 2.37. The van der Waals surface area contributed by atoms with Gasteiger partial charge in [0.1, 0.15) is 82.8 Å². The van der Waals surface area contributed by atoms with Crippen LogP contribution in [-0.2, 0) is 91.3 Å². The molecule has 0 radical (unpaired) electrons. The van der Waals surface area contributed by atoms with Gasteiger partial charge in [-0.15, -0.1) is 0 Å². The van der Waals surface area contributed by atoms with Crippen LogP contribution in [0, 0.1) is 0 Å². The van der Waals surface area contributed by atoms with E-state index in [0.717, 1.165) is 11.1 Å². The van der Waals surface area contributed by atoms with Gasteiger partial charge in [0.05, 0.1) is 18.1 Å². The molecule has 0 spiro atoms. The number of aliphatic carboxylic acids is 1. The van der Waals surface area contributed by atoms with Gasteiger partial charge in [0.15, 0.2) is 0 Å². The lowest BCUT2D eigenvalue weighted by atomic mass is 9.95. The molecular weight excluding hydrogens is 1660 g/mol. The zero-order valence-electron chi connectivity index (χ0n) is 72.9. The number of carboxylic acids is 1. The van der Waals surface area contributed by atoms with Gasteiger partial charge >= 0.3 is 5.97 Å². The van der Waals surface area contributed by atoms with Crippen LogP contribution in [0.4, 0.5) is 0 Å². The molecule has 0 aliphatic carbocycles. The minimum absolute atomic E-state index is 0. The number of likely N-dealkylation sites (N-methyl/N-ethyl adjacent to an activating group) is 3. The maximum absolute atomic E-state index is 14.0. The molecule has 6 aromatic rings. The predicted octanol–water partition coefficient (Wildman–Crippen LogP) is -0.784. The number of benzene rings is 6. The smallest absolute Gasteiger partial charge is 0.326 e. The maximum atomic E-state index is 14.0. The molecule has 3 aliphatic heterocycles. The van der Waals surface area contributed by atoms with E-state index in [0.29, 0.717) is 140 Å². The lowest BCUT2D eigenvalue weighted by Crippen LogP contribution is -2.58. The summed E-state index contributed by atoms with van der Waals surface area (Å²) in [6.07, 6.45) is 3.83. The van der Waals surface area contributed by atoms with E-state index in [1.54, 1.807) is 121 Å². The Morgan fingerprint density at radius 2 is 0.659 bits per heavy atom. The van der Waals surface area contributed by atoms with Crippen LogP contribution in [0.2, 0.25) is 0 Å². The second kappa shape index (κ2) is 54.9. The number of phenolic OH excluding ortho intramolecular Hbond substituents is 6. The lowest BCUT2D eigenvalue weighted by molar-refractivity contribution is -0.142. The van der Waals surface area contributed by atoms with E-state index in [1.807, 2.05) is 0 Å². The topological polar surface area (TPSA) is 626 Å². The Balaban J connectivity index is 0.000000344. The van der Waals surface area contributed by atoms with E-state index in [9.17, 15) is 88.5 Å². The third kappa shape index (κ3) is 32.9. The van der Waals surface area contributed by atoms with Crippen molar-refractivity contribution in [2.75, 3.05) is 101 Å². The van der Waals surface area contributed by atoms with Crippen molar-refractivity contribution >= 4 is 65.0 Å². The van der Waals surface area contributed by atoms with E-state index in [4.69, 9.17) is 22.9 Å². The van der Waals surface area contributed by atoms with Crippen molar-refractivity contribution in [3.05, 3.63) is 143 Å². The van der Waals surface area contributed by atoms with Gasteiger partial charge in [-0.3, -0.25) is 47.9 Å². The van der Waals surface area contributed by atoms with Gasteiger partial charge < -0.3 is 144 Å². The van der Waals surface area contributed by atoms with Crippen molar-refractivity contribution in [3.63, 3.8) is 0 Å². The summed E-state index contributed by atoms with van der Waals surface area (Å²) < 4.78 is 0. The van der Waals surface area contributed by atoms with Crippen molar-refractivity contribution in [1.82, 2.24) is 85.1 Å². The molecule has 0 aromatic heterocycles. The highest BCUT2D eigenvalue weighted by molar-refractivity contribution is 5.97. The van der Waals surface area contributed by atoms with E-state index in [2.05, 4.69) is 85.1 Å². The summed E-state index contributed by atoms with van der Waals surface area (Å²) in [6.45, 7) is 3.72. The Morgan fingerprint density at radius 1 is 0.357 bits per heavy atom. The highest BCUT2D eigenvalue weighted by atomic mass is 16.4. The number of amides is 10. The van der Waals surface area contributed by atoms with Gasteiger partial charge in [0.25, 0.3) is 0 Å². The summed E-state index contributed by atoms with van der Waals surface area (Å²) in [5.74, 6) is -6.97. The number of rotatable bonds is 32. The Labute approximate surface area is 753 Å². The van der Waals surface area contributed by atoms with Crippen LogP contribution in [0.25, 0.3) is 33.4 Å². The quantitative estimate of drug-likeness (QED) is 0.0230. The minimum Gasteiger partial charge on any atom is -0.508 e. The van der Waals surface area contributed by atoms with Gasteiger partial charge in [0.2, 0.25) is 59.1 Å². The lowest BCUT2D eigenvalue weighted by Gasteiger charge is -2.27. The van der Waals surface area contributed by atoms with Crippen LogP contribution in [0.1, 0.15) is 112 Å². The summed E-state index contributed by atoms with van der Waals surface area (Å²) in [6, 6.07) is 18.3. The van der Waals surface area contributed by atoms with Gasteiger partial charge in [-0.1, -0.05) is 51.3 Å². The number of nitrogens with one attached hydrogen (secondary N) is 16. The third-order valence-corrected chi connectivity index (χ3v) is 22.0. The summed E-state index contributed by atoms with van der Waals surface area (Å²) in [7, 11) is 10.4. The zero-order chi connectivity index (χ0) is 92.8.